The maximum absolute atomic E-state index is 12.8. The summed E-state index contributed by atoms with van der Waals surface area (Å²) >= 11 is 3.03. The summed E-state index contributed by atoms with van der Waals surface area (Å²) in [7, 11) is 0. The van der Waals surface area contributed by atoms with Crippen LogP contribution in [-0.4, -0.2) is 37.9 Å². The minimum Gasteiger partial charge on any atom is -0.334 e. The predicted molar refractivity (Wildman–Crippen MR) is 112 cm³/mol. The van der Waals surface area contributed by atoms with Gasteiger partial charge in [-0.3, -0.25) is 9.36 Å². The second-order valence-corrected chi connectivity index (χ2v) is 8.67. The number of rotatable bonds is 7. The highest BCUT2D eigenvalue weighted by molar-refractivity contribution is 7.99. The fourth-order valence-corrected chi connectivity index (χ4v) is 5.28. The monoisotopic (exact) mass is 414 g/mol. The van der Waals surface area contributed by atoms with Crippen LogP contribution in [0, 0.1) is 0 Å². The van der Waals surface area contributed by atoms with Crippen LogP contribution in [-0.2, 0) is 17.8 Å². The number of carbonyl (C=O) groups excluding carboxylic acids is 1. The van der Waals surface area contributed by atoms with E-state index in [1.165, 1.54) is 22.2 Å². The van der Waals surface area contributed by atoms with Gasteiger partial charge in [-0.2, -0.15) is 0 Å². The Balaban J connectivity index is 1.38. The number of aromatic amines is 1. The average molecular weight is 415 g/mol. The third kappa shape index (κ3) is 4.23. The van der Waals surface area contributed by atoms with Gasteiger partial charge in [0, 0.05) is 18.0 Å². The number of H-pyrrole nitrogens is 1. The number of hydrogen-bond donors (Lipinski definition) is 1. The lowest BCUT2D eigenvalue weighted by Crippen LogP contribution is -2.31. The van der Waals surface area contributed by atoms with Gasteiger partial charge in [-0.1, -0.05) is 48.2 Å². The van der Waals surface area contributed by atoms with Crippen molar-refractivity contribution in [3.63, 3.8) is 0 Å². The minimum absolute atomic E-state index is 0.103. The molecule has 1 aliphatic heterocycles. The molecule has 1 atom stereocenters. The number of hydrogen-bond acceptors (Lipinski definition) is 5. The molecule has 1 saturated heterocycles. The van der Waals surface area contributed by atoms with Crippen LogP contribution in [0.15, 0.2) is 57.8 Å². The maximum Gasteiger partial charge on any atom is 0.343 e. The largest absolute Gasteiger partial charge is 0.343 e. The number of aryl methyl sites for hydroxylation is 1. The molecule has 6 nitrogen and oxygen atoms in total. The van der Waals surface area contributed by atoms with Gasteiger partial charge in [0.1, 0.15) is 0 Å². The Hall–Kier alpha value is -2.32. The summed E-state index contributed by atoms with van der Waals surface area (Å²) < 4.78 is 1.62. The number of aromatic nitrogens is 3. The number of thioether (sulfide) groups is 1. The molecule has 1 aliphatic rings. The van der Waals surface area contributed by atoms with Crippen molar-refractivity contribution in [2.24, 2.45) is 0 Å². The number of thiophene rings is 1. The molecule has 0 spiro atoms. The first-order chi connectivity index (χ1) is 13.7. The molecule has 28 heavy (non-hydrogen) atoms. The quantitative estimate of drug-likeness (QED) is 0.602. The Labute approximate surface area is 171 Å². The zero-order chi connectivity index (χ0) is 19.3. The van der Waals surface area contributed by atoms with Crippen molar-refractivity contribution < 1.29 is 4.79 Å². The summed E-state index contributed by atoms with van der Waals surface area (Å²) in [6.45, 7) is 1.33. The van der Waals surface area contributed by atoms with Gasteiger partial charge in [0.2, 0.25) is 5.91 Å². The van der Waals surface area contributed by atoms with Crippen LogP contribution in [0.1, 0.15) is 29.3 Å². The van der Waals surface area contributed by atoms with E-state index in [-0.39, 0.29) is 23.4 Å². The maximum atomic E-state index is 12.8. The Kier molecular flexibility index (Phi) is 5.97. The molecule has 1 unspecified atom stereocenters. The Bertz CT molecular complexity index is 966. The normalized spacial score (nSPS) is 16.6. The topological polar surface area (TPSA) is 71.0 Å². The number of amides is 1. The number of benzene rings is 1. The van der Waals surface area contributed by atoms with Gasteiger partial charge in [-0.15, -0.1) is 16.4 Å². The van der Waals surface area contributed by atoms with Crippen molar-refractivity contribution in [2.45, 2.75) is 37.0 Å². The van der Waals surface area contributed by atoms with Crippen molar-refractivity contribution in [3.05, 3.63) is 68.8 Å². The highest BCUT2D eigenvalue weighted by Crippen LogP contribution is 2.35. The van der Waals surface area contributed by atoms with Crippen LogP contribution in [0.2, 0.25) is 0 Å². The SMILES string of the molecule is O=C(CSc1n[nH]c(=O)n1CCc1ccccc1)N1CCCC1c1cccs1. The molecule has 0 aliphatic carbocycles. The second kappa shape index (κ2) is 8.79. The van der Waals surface area contributed by atoms with Gasteiger partial charge in [0.15, 0.2) is 5.16 Å². The second-order valence-electron chi connectivity index (χ2n) is 6.75. The van der Waals surface area contributed by atoms with Gasteiger partial charge in [-0.25, -0.2) is 9.89 Å². The molecule has 0 bridgehead atoms. The Morgan fingerprint density at radius 1 is 1.25 bits per heavy atom. The molecule has 4 rings (SSSR count). The van der Waals surface area contributed by atoms with E-state index in [4.69, 9.17) is 0 Å². The van der Waals surface area contributed by atoms with Crippen LogP contribution in [0.5, 0.6) is 0 Å². The van der Waals surface area contributed by atoms with Crippen molar-refractivity contribution >= 4 is 29.0 Å². The zero-order valence-electron chi connectivity index (χ0n) is 15.4. The lowest BCUT2D eigenvalue weighted by atomic mass is 10.1. The van der Waals surface area contributed by atoms with E-state index in [0.29, 0.717) is 11.7 Å². The molecule has 1 aromatic carbocycles. The van der Waals surface area contributed by atoms with Gasteiger partial charge in [0.05, 0.1) is 11.8 Å². The van der Waals surface area contributed by atoms with Gasteiger partial charge < -0.3 is 4.90 Å². The lowest BCUT2D eigenvalue weighted by molar-refractivity contribution is -0.129. The molecule has 2 aromatic heterocycles. The average Bonchev–Trinajstić information content (AvgIpc) is 3.46. The third-order valence-electron chi connectivity index (χ3n) is 4.96. The number of nitrogens with zero attached hydrogens (tertiary/aromatic N) is 3. The molecule has 0 saturated carbocycles. The van der Waals surface area contributed by atoms with Crippen molar-refractivity contribution in [3.8, 4) is 0 Å². The van der Waals surface area contributed by atoms with E-state index in [1.807, 2.05) is 41.3 Å². The van der Waals surface area contributed by atoms with E-state index in [0.717, 1.165) is 25.8 Å². The summed E-state index contributed by atoms with van der Waals surface area (Å²) in [5.74, 6) is 0.392. The fourth-order valence-electron chi connectivity index (χ4n) is 3.55. The van der Waals surface area contributed by atoms with Gasteiger partial charge in [-0.05, 0) is 36.3 Å². The molecule has 3 heterocycles. The standard InChI is InChI=1S/C20H22N4O2S2/c25-18(23-11-4-8-16(23)17-9-5-13-27-17)14-28-20-22-21-19(26)24(20)12-10-15-6-2-1-3-7-15/h1-3,5-7,9,13,16H,4,8,10-12,14H2,(H,21,26). The number of likely N-dealkylation sites (tertiary alicyclic amines) is 1. The predicted octanol–water partition coefficient (Wildman–Crippen LogP) is 3.33. The van der Waals surface area contributed by atoms with E-state index in [2.05, 4.69) is 21.6 Å². The van der Waals surface area contributed by atoms with Crippen molar-refractivity contribution in [1.29, 1.82) is 0 Å². The van der Waals surface area contributed by atoms with Crippen LogP contribution in [0.4, 0.5) is 0 Å². The van der Waals surface area contributed by atoms with Crippen LogP contribution in [0.25, 0.3) is 0 Å². The van der Waals surface area contributed by atoms with Crippen molar-refractivity contribution in [2.75, 3.05) is 12.3 Å². The molecule has 3 aromatic rings. The molecular weight excluding hydrogens is 392 g/mol. The van der Waals surface area contributed by atoms with Crippen molar-refractivity contribution in [1.82, 2.24) is 19.7 Å². The number of carbonyl (C=O) groups is 1. The summed E-state index contributed by atoms with van der Waals surface area (Å²) in [6.07, 6.45) is 2.79. The Morgan fingerprint density at radius 3 is 2.89 bits per heavy atom. The highest BCUT2D eigenvalue weighted by Gasteiger charge is 2.30. The summed E-state index contributed by atoms with van der Waals surface area (Å²) in [5.41, 5.74) is 0.932. The minimum atomic E-state index is -0.233. The molecule has 146 valence electrons. The first kappa shape index (κ1) is 19.0. The molecule has 8 heteroatoms. The van der Waals surface area contributed by atoms with E-state index in [9.17, 15) is 9.59 Å². The van der Waals surface area contributed by atoms with Crippen LogP contribution >= 0.6 is 23.1 Å². The molecule has 0 radical (unpaired) electrons. The van der Waals surface area contributed by atoms with E-state index in [1.54, 1.807) is 15.9 Å². The summed E-state index contributed by atoms with van der Waals surface area (Å²) in [6, 6.07) is 14.4. The van der Waals surface area contributed by atoms with E-state index >= 15 is 0 Å². The van der Waals surface area contributed by atoms with Gasteiger partial charge >= 0.3 is 5.69 Å². The first-order valence-electron chi connectivity index (χ1n) is 9.37. The molecule has 1 N–H and O–H groups in total. The van der Waals surface area contributed by atoms with E-state index < -0.39 is 0 Å². The third-order valence-corrected chi connectivity index (χ3v) is 6.89. The lowest BCUT2D eigenvalue weighted by Gasteiger charge is -2.23. The fraction of sp³-hybridized carbons (Fsp3) is 0.350. The first-order valence-corrected chi connectivity index (χ1v) is 11.2. The molecule has 1 fully saturated rings. The molecular formula is C20H22N4O2S2. The summed E-state index contributed by atoms with van der Waals surface area (Å²) in [4.78, 5) is 28.1. The smallest absolute Gasteiger partial charge is 0.334 e. The number of nitrogens with one attached hydrogen (secondary N) is 1. The van der Waals surface area contributed by atoms with Gasteiger partial charge in [0.25, 0.3) is 0 Å². The molecule has 1 amide bonds. The Morgan fingerprint density at radius 2 is 2.11 bits per heavy atom. The zero-order valence-corrected chi connectivity index (χ0v) is 17.0. The highest BCUT2D eigenvalue weighted by atomic mass is 32.2. The summed E-state index contributed by atoms with van der Waals surface area (Å²) in [5, 5.41) is 9.25. The van der Waals surface area contributed by atoms with Crippen LogP contribution < -0.4 is 5.69 Å². The van der Waals surface area contributed by atoms with Crippen LogP contribution in [0.3, 0.4) is 0 Å².